The zero-order chi connectivity index (χ0) is 14.8. The first-order valence-corrected chi connectivity index (χ1v) is 6.68. The van der Waals surface area contributed by atoms with E-state index in [0.29, 0.717) is 17.1 Å². The lowest BCUT2D eigenvalue weighted by molar-refractivity contribution is 0.0601. The maximum atomic E-state index is 11.5. The van der Waals surface area contributed by atoms with Crippen LogP contribution < -0.4 is 4.74 Å². The molecule has 4 nitrogen and oxygen atoms in total. The van der Waals surface area contributed by atoms with Crippen molar-refractivity contribution >= 4 is 28.5 Å². The summed E-state index contributed by atoms with van der Waals surface area (Å²) in [4.78, 5) is 14.6. The Hall–Kier alpha value is -2.46. The van der Waals surface area contributed by atoms with Crippen LogP contribution >= 0.6 is 11.6 Å². The SMILES string of the molecule is COC(=O)c1ccc(Oc2cccc3cc[nH]c23)cc1Cl. The van der Waals surface area contributed by atoms with Crippen molar-refractivity contribution < 1.29 is 14.3 Å². The van der Waals surface area contributed by atoms with E-state index in [4.69, 9.17) is 16.3 Å². The zero-order valence-electron chi connectivity index (χ0n) is 11.2. The number of aromatic amines is 1. The van der Waals surface area contributed by atoms with E-state index >= 15 is 0 Å². The van der Waals surface area contributed by atoms with Crippen LogP contribution in [-0.4, -0.2) is 18.1 Å². The molecule has 0 atom stereocenters. The number of benzene rings is 2. The molecular weight excluding hydrogens is 290 g/mol. The number of rotatable bonds is 3. The van der Waals surface area contributed by atoms with E-state index < -0.39 is 5.97 Å². The molecule has 0 aliphatic heterocycles. The Labute approximate surface area is 126 Å². The fourth-order valence-corrected chi connectivity index (χ4v) is 2.35. The lowest BCUT2D eigenvalue weighted by Crippen LogP contribution is -2.01. The molecule has 0 aliphatic carbocycles. The number of para-hydroxylation sites is 1. The van der Waals surface area contributed by atoms with Gasteiger partial charge >= 0.3 is 5.97 Å². The average Bonchev–Trinajstić information content (AvgIpc) is 2.96. The van der Waals surface area contributed by atoms with Crippen LogP contribution in [0.5, 0.6) is 11.5 Å². The Morgan fingerprint density at radius 2 is 2.05 bits per heavy atom. The molecule has 0 spiro atoms. The fourth-order valence-electron chi connectivity index (χ4n) is 2.10. The first-order chi connectivity index (χ1) is 10.2. The summed E-state index contributed by atoms with van der Waals surface area (Å²) in [6, 6.07) is 12.6. The molecule has 1 heterocycles. The molecule has 0 saturated heterocycles. The van der Waals surface area contributed by atoms with Gasteiger partial charge in [0.05, 0.1) is 23.2 Å². The third kappa shape index (κ3) is 2.58. The van der Waals surface area contributed by atoms with Crippen LogP contribution in [0.3, 0.4) is 0 Å². The quantitative estimate of drug-likeness (QED) is 0.729. The van der Waals surface area contributed by atoms with Gasteiger partial charge in [-0.25, -0.2) is 4.79 Å². The summed E-state index contributed by atoms with van der Waals surface area (Å²) in [5, 5.41) is 1.35. The van der Waals surface area contributed by atoms with E-state index in [-0.39, 0.29) is 5.02 Å². The summed E-state index contributed by atoms with van der Waals surface area (Å²) in [6.45, 7) is 0. The van der Waals surface area contributed by atoms with Gasteiger partial charge in [0.15, 0.2) is 5.75 Å². The predicted octanol–water partition coefficient (Wildman–Crippen LogP) is 4.40. The Morgan fingerprint density at radius 1 is 1.19 bits per heavy atom. The van der Waals surface area contributed by atoms with E-state index in [1.165, 1.54) is 7.11 Å². The summed E-state index contributed by atoms with van der Waals surface area (Å²) >= 11 is 6.08. The molecule has 5 heteroatoms. The molecule has 1 N–H and O–H groups in total. The van der Waals surface area contributed by atoms with Crippen molar-refractivity contribution in [3.05, 3.63) is 59.2 Å². The number of methoxy groups -OCH3 is 1. The first-order valence-electron chi connectivity index (χ1n) is 6.31. The summed E-state index contributed by atoms with van der Waals surface area (Å²) in [5.41, 5.74) is 1.22. The molecule has 0 amide bonds. The van der Waals surface area contributed by atoms with Gasteiger partial charge in [-0.2, -0.15) is 0 Å². The average molecular weight is 302 g/mol. The normalized spacial score (nSPS) is 10.6. The minimum atomic E-state index is -0.474. The monoisotopic (exact) mass is 301 g/mol. The maximum absolute atomic E-state index is 11.5. The summed E-state index contributed by atoms with van der Waals surface area (Å²) in [6.07, 6.45) is 1.85. The Balaban J connectivity index is 1.93. The number of aromatic nitrogens is 1. The van der Waals surface area contributed by atoms with Crippen LogP contribution in [-0.2, 0) is 4.74 Å². The number of carbonyl (C=O) groups is 1. The zero-order valence-corrected chi connectivity index (χ0v) is 12.0. The largest absolute Gasteiger partial charge is 0.465 e. The van der Waals surface area contributed by atoms with Crippen LogP contribution in [0.2, 0.25) is 5.02 Å². The molecule has 2 aromatic carbocycles. The molecule has 0 saturated carbocycles. The lowest BCUT2D eigenvalue weighted by Gasteiger charge is -2.09. The minimum absolute atomic E-state index is 0.290. The summed E-state index contributed by atoms with van der Waals surface area (Å²) in [7, 11) is 1.31. The number of H-pyrrole nitrogens is 1. The highest BCUT2D eigenvalue weighted by Crippen LogP contribution is 2.31. The van der Waals surface area contributed by atoms with Gasteiger partial charge in [0.2, 0.25) is 0 Å². The van der Waals surface area contributed by atoms with Crippen molar-refractivity contribution in [1.29, 1.82) is 0 Å². The predicted molar refractivity (Wildman–Crippen MR) is 81.2 cm³/mol. The van der Waals surface area contributed by atoms with E-state index in [0.717, 1.165) is 10.9 Å². The van der Waals surface area contributed by atoms with Gasteiger partial charge in [-0.3, -0.25) is 0 Å². The third-order valence-corrected chi connectivity index (χ3v) is 3.44. The highest BCUT2D eigenvalue weighted by molar-refractivity contribution is 6.33. The smallest absolute Gasteiger partial charge is 0.339 e. The second-order valence-electron chi connectivity index (χ2n) is 4.43. The minimum Gasteiger partial charge on any atom is -0.465 e. The number of carbonyl (C=O) groups excluding carboxylic acids is 1. The number of nitrogens with one attached hydrogen (secondary N) is 1. The van der Waals surface area contributed by atoms with E-state index in [9.17, 15) is 4.79 Å². The molecule has 1 aromatic heterocycles. The van der Waals surface area contributed by atoms with Crippen molar-refractivity contribution in [3.63, 3.8) is 0 Å². The number of esters is 1. The van der Waals surface area contributed by atoms with Gasteiger partial charge < -0.3 is 14.5 Å². The molecule has 21 heavy (non-hydrogen) atoms. The molecule has 0 bridgehead atoms. The van der Waals surface area contributed by atoms with E-state index in [1.807, 2.05) is 30.5 Å². The molecule has 0 fully saturated rings. The van der Waals surface area contributed by atoms with E-state index in [1.54, 1.807) is 18.2 Å². The van der Waals surface area contributed by atoms with Crippen molar-refractivity contribution in [2.75, 3.05) is 7.11 Å². The number of halogens is 1. The van der Waals surface area contributed by atoms with Gasteiger partial charge in [0, 0.05) is 17.6 Å². The molecule has 0 unspecified atom stereocenters. The molecule has 3 rings (SSSR count). The Kier molecular flexibility index (Phi) is 3.54. The number of hydrogen-bond acceptors (Lipinski definition) is 3. The molecule has 0 radical (unpaired) electrons. The number of hydrogen-bond donors (Lipinski definition) is 1. The first kappa shape index (κ1) is 13.5. The van der Waals surface area contributed by atoms with Crippen molar-refractivity contribution in [3.8, 4) is 11.5 Å². The van der Waals surface area contributed by atoms with Gasteiger partial charge in [0.25, 0.3) is 0 Å². The van der Waals surface area contributed by atoms with Crippen LogP contribution in [0.4, 0.5) is 0 Å². The molecular formula is C16H12ClNO3. The summed E-state index contributed by atoms with van der Waals surface area (Å²) in [5.74, 6) is 0.771. The summed E-state index contributed by atoms with van der Waals surface area (Å²) < 4.78 is 10.5. The number of ether oxygens (including phenoxy) is 2. The van der Waals surface area contributed by atoms with Crippen LogP contribution in [0.1, 0.15) is 10.4 Å². The highest BCUT2D eigenvalue weighted by Gasteiger charge is 2.12. The van der Waals surface area contributed by atoms with Gasteiger partial charge in [0.1, 0.15) is 5.75 Å². The third-order valence-electron chi connectivity index (χ3n) is 3.12. The van der Waals surface area contributed by atoms with Gasteiger partial charge in [-0.1, -0.05) is 23.7 Å². The van der Waals surface area contributed by atoms with E-state index in [2.05, 4.69) is 9.72 Å². The number of fused-ring (bicyclic) bond motifs is 1. The van der Waals surface area contributed by atoms with Crippen molar-refractivity contribution in [2.24, 2.45) is 0 Å². The van der Waals surface area contributed by atoms with Crippen LogP contribution in [0.25, 0.3) is 10.9 Å². The van der Waals surface area contributed by atoms with Gasteiger partial charge in [-0.05, 0) is 24.3 Å². The van der Waals surface area contributed by atoms with Crippen molar-refractivity contribution in [2.45, 2.75) is 0 Å². The maximum Gasteiger partial charge on any atom is 0.339 e. The molecule has 0 aliphatic rings. The second kappa shape index (κ2) is 5.50. The molecule has 106 valence electrons. The van der Waals surface area contributed by atoms with Crippen molar-refractivity contribution in [1.82, 2.24) is 4.98 Å². The lowest BCUT2D eigenvalue weighted by atomic mass is 10.2. The second-order valence-corrected chi connectivity index (χ2v) is 4.84. The van der Waals surface area contributed by atoms with Crippen LogP contribution in [0.15, 0.2) is 48.7 Å². The Morgan fingerprint density at radius 3 is 2.81 bits per heavy atom. The van der Waals surface area contributed by atoms with Gasteiger partial charge in [-0.15, -0.1) is 0 Å². The highest BCUT2D eigenvalue weighted by atomic mass is 35.5. The molecule has 3 aromatic rings. The fraction of sp³-hybridized carbons (Fsp3) is 0.0625. The topological polar surface area (TPSA) is 51.3 Å². The van der Waals surface area contributed by atoms with Crippen LogP contribution in [0, 0.1) is 0 Å². The standard InChI is InChI=1S/C16H12ClNO3/c1-20-16(19)12-6-5-11(9-13(12)17)21-14-4-2-3-10-7-8-18-15(10)14/h2-9,18H,1H3. The Bertz CT molecular complexity index is 810.